The fraction of sp³-hybridized carbons (Fsp3) is 0.556. The summed E-state index contributed by atoms with van der Waals surface area (Å²) in [5.41, 5.74) is 0.697. The van der Waals surface area contributed by atoms with Crippen molar-refractivity contribution in [1.29, 1.82) is 0 Å². The molecule has 2 aromatic heterocycles. The maximum absolute atomic E-state index is 13.2. The van der Waals surface area contributed by atoms with E-state index in [9.17, 15) is 4.79 Å². The molecule has 1 unspecified atom stereocenters. The van der Waals surface area contributed by atoms with Gasteiger partial charge in [-0.2, -0.15) is 0 Å². The predicted molar refractivity (Wildman–Crippen MR) is 98.0 cm³/mol. The van der Waals surface area contributed by atoms with Crippen LogP contribution in [0.25, 0.3) is 0 Å². The van der Waals surface area contributed by atoms with Crippen LogP contribution in [-0.4, -0.2) is 75.2 Å². The van der Waals surface area contributed by atoms with E-state index in [1.807, 2.05) is 28.6 Å². The van der Waals surface area contributed by atoms with Crippen molar-refractivity contribution in [3.8, 4) is 0 Å². The van der Waals surface area contributed by atoms with Gasteiger partial charge in [-0.15, -0.1) is 10.2 Å². The Morgan fingerprint density at radius 2 is 1.96 bits per heavy atom. The highest BCUT2D eigenvalue weighted by molar-refractivity contribution is 5.95. The van der Waals surface area contributed by atoms with Gasteiger partial charge in [0.05, 0.1) is 6.04 Å². The number of hydrogen-bond donors (Lipinski definition) is 0. The van der Waals surface area contributed by atoms with Crippen molar-refractivity contribution in [2.45, 2.75) is 18.9 Å². The Morgan fingerprint density at radius 3 is 2.69 bits per heavy atom. The molecular formula is C18H25N7O. The fourth-order valence-electron chi connectivity index (χ4n) is 3.80. The third-order valence-electron chi connectivity index (χ3n) is 5.38. The SMILES string of the molecule is CN1CCN(c2cc(C(=O)N3CCCC3c3nncn3C)ccn2)CC1. The molecular weight excluding hydrogens is 330 g/mol. The first kappa shape index (κ1) is 17.0. The number of likely N-dealkylation sites (tertiary alicyclic amines) is 1. The van der Waals surface area contributed by atoms with E-state index in [-0.39, 0.29) is 11.9 Å². The Hall–Kier alpha value is -2.48. The highest BCUT2D eigenvalue weighted by atomic mass is 16.2. The molecule has 4 rings (SSSR count). The summed E-state index contributed by atoms with van der Waals surface area (Å²) in [4.78, 5) is 24.1. The molecule has 0 radical (unpaired) electrons. The van der Waals surface area contributed by atoms with E-state index >= 15 is 0 Å². The lowest BCUT2D eigenvalue weighted by Gasteiger charge is -2.33. The van der Waals surface area contributed by atoms with E-state index in [1.54, 1.807) is 12.5 Å². The van der Waals surface area contributed by atoms with E-state index in [4.69, 9.17) is 0 Å². The standard InChI is InChI=1S/C18H25N7O/c1-22-8-10-24(11-9-22)16-12-14(5-6-19-16)18(26)25-7-3-4-15(25)17-21-20-13-23(17)2/h5-6,12-13,15H,3-4,7-11H2,1-2H3. The van der Waals surface area contributed by atoms with Gasteiger partial charge in [0.1, 0.15) is 12.1 Å². The van der Waals surface area contributed by atoms with Crippen LogP contribution < -0.4 is 4.90 Å². The van der Waals surface area contributed by atoms with Crippen molar-refractivity contribution in [3.05, 3.63) is 36.0 Å². The van der Waals surface area contributed by atoms with Crippen molar-refractivity contribution in [2.24, 2.45) is 7.05 Å². The van der Waals surface area contributed by atoms with Gasteiger partial charge in [-0.05, 0) is 32.0 Å². The van der Waals surface area contributed by atoms with Crippen molar-refractivity contribution < 1.29 is 4.79 Å². The van der Waals surface area contributed by atoms with Gasteiger partial charge in [-0.3, -0.25) is 4.79 Å². The fourth-order valence-corrected chi connectivity index (χ4v) is 3.80. The Morgan fingerprint density at radius 1 is 1.15 bits per heavy atom. The van der Waals surface area contributed by atoms with Gasteiger partial charge in [0, 0.05) is 51.5 Å². The molecule has 2 aromatic rings. The smallest absolute Gasteiger partial charge is 0.254 e. The second-order valence-electron chi connectivity index (χ2n) is 7.15. The van der Waals surface area contributed by atoms with Crippen LogP contribution in [-0.2, 0) is 7.05 Å². The number of amides is 1. The van der Waals surface area contributed by atoms with Crippen LogP contribution in [0.4, 0.5) is 5.82 Å². The Kier molecular flexibility index (Phi) is 4.58. The Balaban J connectivity index is 1.54. The van der Waals surface area contributed by atoms with Crippen LogP contribution in [0.15, 0.2) is 24.7 Å². The number of anilines is 1. The van der Waals surface area contributed by atoms with Crippen LogP contribution >= 0.6 is 0 Å². The molecule has 2 fully saturated rings. The van der Waals surface area contributed by atoms with Crippen molar-refractivity contribution >= 4 is 11.7 Å². The van der Waals surface area contributed by atoms with E-state index in [1.165, 1.54) is 0 Å². The molecule has 2 saturated heterocycles. The molecule has 4 heterocycles. The van der Waals surface area contributed by atoms with Crippen molar-refractivity contribution in [2.75, 3.05) is 44.7 Å². The van der Waals surface area contributed by atoms with Crippen LogP contribution in [0.2, 0.25) is 0 Å². The van der Waals surface area contributed by atoms with Crippen LogP contribution in [0, 0.1) is 0 Å². The summed E-state index contributed by atoms with van der Waals surface area (Å²) in [5, 5.41) is 8.18. The lowest BCUT2D eigenvalue weighted by atomic mass is 10.1. The summed E-state index contributed by atoms with van der Waals surface area (Å²) in [7, 11) is 4.05. The van der Waals surface area contributed by atoms with E-state index in [0.717, 1.165) is 57.2 Å². The van der Waals surface area contributed by atoms with Gasteiger partial charge >= 0.3 is 0 Å². The van der Waals surface area contributed by atoms with Crippen LogP contribution in [0.5, 0.6) is 0 Å². The van der Waals surface area contributed by atoms with Gasteiger partial charge in [0.25, 0.3) is 5.91 Å². The molecule has 2 aliphatic heterocycles. The number of aryl methyl sites for hydroxylation is 1. The van der Waals surface area contributed by atoms with Gasteiger partial charge in [0.15, 0.2) is 5.82 Å². The van der Waals surface area contributed by atoms with E-state index in [0.29, 0.717) is 5.56 Å². The largest absolute Gasteiger partial charge is 0.354 e. The predicted octanol–water partition coefficient (Wildman–Crippen LogP) is 0.939. The second-order valence-corrected chi connectivity index (χ2v) is 7.15. The highest BCUT2D eigenvalue weighted by Crippen LogP contribution is 2.32. The second kappa shape index (κ2) is 7.03. The van der Waals surface area contributed by atoms with Gasteiger partial charge in [-0.25, -0.2) is 4.98 Å². The average Bonchev–Trinajstić information content (AvgIpc) is 3.30. The minimum absolute atomic E-state index is 0.00440. The number of carbonyl (C=O) groups is 1. The van der Waals surface area contributed by atoms with Crippen LogP contribution in [0.3, 0.4) is 0 Å². The number of rotatable bonds is 3. The molecule has 1 atom stereocenters. The minimum atomic E-state index is -0.00440. The van der Waals surface area contributed by atoms with Gasteiger partial charge in [0.2, 0.25) is 0 Å². The maximum atomic E-state index is 13.2. The molecule has 0 aliphatic carbocycles. The highest BCUT2D eigenvalue weighted by Gasteiger charge is 2.33. The average molecular weight is 355 g/mol. The summed E-state index contributed by atoms with van der Waals surface area (Å²) >= 11 is 0. The maximum Gasteiger partial charge on any atom is 0.254 e. The summed E-state index contributed by atoms with van der Waals surface area (Å²) in [5.74, 6) is 1.79. The first-order valence-electron chi connectivity index (χ1n) is 9.18. The molecule has 8 heteroatoms. The van der Waals surface area contributed by atoms with Crippen molar-refractivity contribution in [3.63, 3.8) is 0 Å². The summed E-state index contributed by atoms with van der Waals surface area (Å²) in [6.45, 7) is 4.65. The molecule has 2 aliphatic rings. The third kappa shape index (κ3) is 3.16. The molecule has 26 heavy (non-hydrogen) atoms. The van der Waals surface area contributed by atoms with Gasteiger partial charge in [-0.1, -0.05) is 0 Å². The summed E-state index contributed by atoms with van der Waals surface area (Å²) in [6.07, 6.45) is 5.34. The molecule has 1 amide bonds. The number of hydrogen-bond acceptors (Lipinski definition) is 6. The first-order chi connectivity index (χ1) is 12.6. The molecule has 0 bridgehead atoms. The molecule has 0 aromatic carbocycles. The van der Waals surface area contributed by atoms with Crippen LogP contribution in [0.1, 0.15) is 35.1 Å². The lowest BCUT2D eigenvalue weighted by molar-refractivity contribution is 0.0728. The number of aromatic nitrogens is 4. The Bertz CT molecular complexity index is 781. The monoisotopic (exact) mass is 355 g/mol. The molecule has 8 nitrogen and oxygen atoms in total. The normalized spacial score (nSPS) is 21.4. The molecule has 0 saturated carbocycles. The zero-order chi connectivity index (χ0) is 18.1. The summed E-state index contributed by atoms with van der Waals surface area (Å²) < 4.78 is 1.90. The lowest BCUT2D eigenvalue weighted by Crippen LogP contribution is -2.44. The first-order valence-corrected chi connectivity index (χ1v) is 9.18. The number of carbonyl (C=O) groups excluding carboxylic acids is 1. The topological polar surface area (TPSA) is 70.4 Å². The molecule has 0 N–H and O–H groups in total. The minimum Gasteiger partial charge on any atom is -0.354 e. The van der Waals surface area contributed by atoms with E-state index in [2.05, 4.69) is 32.0 Å². The molecule has 138 valence electrons. The van der Waals surface area contributed by atoms with Gasteiger partial charge < -0.3 is 19.3 Å². The zero-order valence-corrected chi connectivity index (χ0v) is 15.4. The third-order valence-corrected chi connectivity index (χ3v) is 5.38. The number of likely N-dealkylation sites (N-methyl/N-ethyl adjacent to an activating group) is 1. The Labute approximate surface area is 153 Å². The summed E-state index contributed by atoms with van der Waals surface area (Å²) in [6, 6.07) is 3.74. The number of piperazine rings is 1. The quantitative estimate of drug-likeness (QED) is 0.816. The zero-order valence-electron chi connectivity index (χ0n) is 15.4. The number of nitrogens with zero attached hydrogens (tertiary/aromatic N) is 7. The molecule has 0 spiro atoms. The van der Waals surface area contributed by atoms with E-state index < -0.39 is 0 Å². The van der Waals surface area contributed by atoms with Crippen molar-refractivity contribution in [1.82, 2.24) is 29.5 Å². The number of pyridine rings is 1.